The van der Waals surface area contributed by atoms with E-state index >= 15 is 0 Å². The molecule has 4 nitrogen and oxygen atoms in total. The summed E-state index contributed by atoms with van der Waals surface area (Å²) in [5, 5.41) is 8.57. The predicted octanol–water partition coefficient (Wildman–Crippen LogP) is 4.73. The van der Waals surface area contributed by atoms with Crippen LogP contribution < -0.4 is 10.6 Å². The number of nitrogens with zero attached hydrogens (tertiary/aromatic N) is 2. The van der Waals surface area contributed by atoms with Crippen LogP contribution in [0.1, 0.15) is 0 Å². The molecule has 0 amide bonds. The van der Waals surface area contributed by atoms with Gasteiger partial charge in [0.15, 0.2) is 5.11 Å². The fourth-order valence-electron chi connectivity index (χ4n) is 2.71. The molecule has 0 aliphatic heterocycles. The number of nitrogens with one attached hydrogen (secondary N) is 2. The number of halogens is 1. The lowest BCUT2D eigenvalue weighted by molar-refractivity contribution is 0.628. The number of pyridine rings is 2. The molecule has 25 heavy (non-hydrogen) atoms. The van der Waals surface area contributed by atoms with Crippen LogP contribution in [-0.2, 0) is 0 Å². The van der Waals surface area contributed by atoms with Gasteiger partial charge in [-0.05, 0) is 60.7 Å². The molecular weight excluding hydrogens is 335 g/mol. The van der Waals surface area contributed by atoms with Crippen molar-refractivity contribution < 1.29 is 4.39 Å². The topological polar surface area (TPSA) is 49.8 Å². The summed E-state index contributed by atoms with van der Waals surface area (Å²) in [6.07, 6.45) is 3.50. The van der Waals surface area contributed by atoms with Crippen molar-refractivity contribution >= 4 is 50.5 Å². The molecule has 4 rings (SSSR count). The summed E-state index contributed by atoms with van der Waals surface area (Å²) in [6, 6.07) is 15.7. The molecule has 0 saturated carbocycles. The Morgan fingerprint density at radius 3 is 2.40 bits per heavy atom. The fourth-order valence-corrected chi connectivity index (χ4v) is 2.94. The van der Waals surface area contributed by atoms with E-state index in [4.69, 9.17) is 12.2 Å². The van der Waals surface area contributed by atoms with Crippen LogP contribution in [0.25, 0.3) is 21.8 Å². The Morgan fingerprint density at radius 2 is 1.60 bits per heavy atom. The van der Waals surface area contributed by atoms with Crippen molar-refractivity contribution in [2.75, 3.05) is 10.6 Å². The van der Waals surface area contributed by atoms with Crippen LogP contribution >= 0.6 is 12.2 Å². The van der Waals surface area contributed by atoms with E-state index in [1.807, 2.05) is 30.3 Å². The van der Waals surface area contributed by atoms with Gasteiger partial charge in [0.1, 0.15) is 5.82 Å². The van der Waals surface area contributed by atoms with Gasteiger partial charge in [0, 0.05) is 28.9 Å². The average Bonchev–Trinajstić information content (AvgIpc) is 2.64. The van der Waals surface area contributed by atoms with Crippen molar-refractivity contribution in [1.29, 1.82) is 0 Å². The van der Waals surface area contributed by atoms with E-state index < -0.39 is 0 Å². The highest BCUT2D eigenvalue weighted by atomic mass is 32.1. The quantitative estimate of drug-likeness (QED) is 0.405. The number of thiocarbonyl (C=S) groups is 1. The zero-order valence-electron chi connectivity index (χ0n) is 13.0. The first kappa shape index (κ1) is 15.4. The molecule has 0 unspecified atom stereocenters. The van der Waals surface area contributed by atoms with Gasteiger partial charge in [-0.1, -0.05) is 6.07 Å². The number of rotatable bonds is 2. The highest BCUT2D eigenvalue weighted by Gasteiger charge is 2.09. The maximum atomic E-state index is 13.0. The van der Waals surface area contributed by atoms with Gasteiger partial charge >= 0.3 is 0 Å². The average molecular weight is 348 g/mol. The Hall–Kier alpha value is -3.12. The molecule has 4 aromatic rings. The SMILES string of the molecule is Fc1ccc(NC(=S)Nc2cc3cccnc3c3cccnc23)cc1. The van der Waals surface area contributed by atoms with E-state index in [-0.39, 0.29) is 5.82 Å². The van der Waals surface area contributed by atoms with Crippen LogP contribution in [-0.4, -0.2) is 15.1 Å². The minimum Gasteiger partial charge on any atom is -0.332 e. The first-order chi connectivity index (χ1) is 12.2. The normalized spacial score (nSPS) is 10.8. The molecule has 2 aromatic carbocycles. The van der Waals surface area contributed by atoms with E-state index in [1.165, 1.54) is 12.1 Å². The molecule has 0 saturated heterocycles. The standard InChI is InChI=1S/C19H13FN4S/c20-13-5-7-14(8-6-13)23-19(25)24-16-11-12-3-1-9-21-17(12)15-4-2-10-22-18(15)16/h1-11H,(H2,23,24,25). The summed E-state index contributed by atoms with van der Waals surface area (Å²) in [7, 11) is 0. The van der Waals surface area contributed by atoms with Gasteiger partial charge < -0.3 is 10.6 Å². The molecule has 6 heteroatoms. The number of aromatic nitrogens is 2. The van der Waals surface area contributed by atoms with Gasteiger partial charge in [0.25, 0.3) is 0 Å². The van der Waals surface area contributed by atoms with Gasteiger partial charge in [-0.3, -0.25) is 9.97 Å². The van der Waals surface area contributed by atoms with E-state index in [0.29, 0.717) is 10.8 Å². The first-order valence-electron chi connectivity index (χ1n) is 7.67. The van der Waals surface area contributed by atoms with Crippen molar-refractivity contribution in [1.82, 2.24) is 9.97 Å². The van der Waals surface area contributed by atoms with Crippen LogP contribution in [0.5, 0.6) is 0 Å². The molecule has 0 spiro atoms. The Labute approximate surface area is 148 Å². The Balaban J connectivity index is 1.70. The monoisotopic (exact) mass is 348 g/mol. The van der Waals surface area contributed by atoms with Crippen LogP contribution in [0.2, 0.25) is 0 Å². The minimum atomic E-state index is -0.290. The lowest BCUT2D eigenvalue weighted by atomic mass is 10.1. The summed E-state index contributed by atoms with van der Waals surface area (Å²) >= 11 is 5.38. The molecule has 0 fully saturated rings. The maximum Gasteiger partial charge on any atom is 0.175 e. The Bertz CT molecular complexity index is 1080. The second-order valence-electron chi connectivity index (χ2n) is 5.48. The van der Waals surface area contributed by atoms with E-state index in [9.17, 15) is 4.39 Å². The number of benzene rings is 2. The van der Waals surface area contributed by atoms with Crippen molar-refractivity contribution in [3.05, 3.63) is 72.8 Å². The van der Waals surface area contributed by atoms with Gasteiger partial charge in [0.05, 0.1) is 16.7 Å². The van der Waals surface area contributed by atoms with Crippen molar-refractivity contribution in [3.8, 4) is 0 Å². The molecule has 2 aromatic heterocycles. The summed E-state index contributed by atoms with van der Waals surface area (Å²) < 4.78 is 13.0. The fraction of sp³-hybridized carbons (Fsp3) is 0. The van der Waals surface area contributed by atoms with Crippen molar-refractivity contribution in [3.63, 3.8) is 0 Å². The zero-order chi connectivity index (χ0) is 17.2. The number of hydrogen-bond donors (Lipinski definition) is 2. The molecule has 122 valence electrons. The largest absolute Gasteiger partial charge is 0.332 e. The Kier molecular flexibility index (Phi) is 3.95. The molecule has 2 N–H and O–H groups in total. The molecule has 0 atom stereocenters. The highest BCUT2D eigenvalue weighted by molar-refractivity contribution is 7.80. The van der Waals surface area contributed by atoms with Gasteiger partial charge in [-0.2, -0.15) is 0 Å². The minimum absolute atomic E-state index is 0.290. The molecule has 0 radical (unpaired) electrons. The van der Waals surface area contributed by atoms with E-state index in [2.05, 4.69) is 20.6 Å². The molecule has 0 aliphatic carbocycles. The second-order valence-corrected chi connectivity index (χ2v) is 5.89. The third kappa shape index (κ3) is 3.12. The van der Waals surface area contributed by atoms with Gasteiger partial charge in [-0.15, -0.1) is 0 Å². The van der Waals surface area contributed by atoms with E-state index in [1.54, 1.807) is 24.5 Å². The third-order valence-corrected chi connectivity index (χ3v) is 4.01. The number of fused-ring (bicyclic) bond motifs is 3. The predicted molar refractivity (Wildman–Crippen MR) is 103 cm³/mol. The van der Waals surface area contributed by atoms with E-state index in [0.717, 1.165) is 27.5 Å². The summed E-state index contributed by atoms with van der Waals surface area (Å²) in [4.78, 5) is 8.92. The smallest absolute Gasteiger partial charge is 0.175 e. The zero-order valence-corrected chi connectivity index (χ0v) is 13.8. The maximum absolute atomic E-state index is 13.0. The molecule has 2 heterocycles. The third-order valence-electron chi connectivity index (χ3n) is 3.81. The first-order valence-corrected chi connectivity index (χ1v) is 8.07. The van der Waals surface area contributed by atoms with Crippen LogP contribution in [0.4, 0.5) is 15.8 Å². The number of anilines is 2. The van der Waals surface area contributed by atoms with Crippen LogP contribution in [0.15, 0.2) is 67.0 Å². The Morgan fingerprint density at radius 1 is 0.880 bits per heavy atom. The lowest BCUT2D eigenvalue weighted by Crippen LogP contribution is -2.19. The van der Waals surface area contributed by atoms with Gasteiger partial charge in [-0.25, -0.2) is 4.39 Å². The molecule has 0 bridgehead atoms. The van der Waals surface area contributed by atoms with Crippen LogP contribution in [0, 0.1) is 5.82 Å². The second kappa shape index (κ2) is 6.41. The summed E-state index contributed by atoms with van der Waals surface area (Å²) in [5.41, 5.74) is 3.18. The highest BCUT2D eigenvalue weighted by Crippen LogP contribution is 2.29. The number of hydrogen-bond acceptors (Lipinski definition) is 3. The summed E-state index contributed by atoms with van der Waals surface area (Å²) in [5.74, 6) is -0.290. The van der Waals surface area contributed by atoms with Gasteiger partial charge in [0.2, 0.25) is 0 Å². The molecule has 0 aliphatic rings. The van der Waals surface area contributed by atoms with Crippen molar-refractivity contribution in [2.24, 2.45) is 0 Å². The van der Waals surface area contributed by atoms with Crippen LogP contribution in [0.3, 0.4) is 0 Å². The molecular formula is C19H13FN4S. The lowest BCUT2D eigenvalue weighted by Gasteiger charge is -2.13. The van der Waals surface area contributed by atoms with Crippen molar-refractivity contribution in [2.45, 2.75) is 0 Å². The summed E-state index contributed by atoms with van der Waals surface area (Å²) in [6.45, 7) is 0.